The summed E-state index contributed by atoms with van der Waals surface area (Å²) < 4.78 is 16.0. The fourth-order valence-electron chi connectivity index (χ4n) is 1.54. The molecule has 1 aliphatic heterocycles. The summed E-state index contributed by atoms with van der Waals surface area (Å²) in [4.78, 5) is 8.02. The summed E-state index contributed by atoms with van der Waals surface area (Å²) in [6.07, 6.45) is 3.06. The van der Waals surface area contributed by atoms with Crippen LogP contribution in [0.2, 0.25) is 5.15 Å². The Balaban J connectivity index is 1.68. The third-order valence-corrected chi connectivity index (χ3v) is 2.60. The molecule has 0 amide bonds. The maximum absolute atomic E-state index is 5.65. The fourth-order valence-corrected chi connectivity index (χ4v) is 1.64. The molecule has 3 rings (SSSR count). The molecular weight excluding hydrogens is 256 g/mol. The Morgan fingerprint density at radius 2 is 2.06 bits per heavy atom. The first-order chi connectivity index (χ1) is 8.81. The minimum absolute atomic E-state index is 0.251. The number of hydrogen-bond donors (Lipinski definition) is 0. The van der Waals surface area contributed by atoms with E-state index in [0.717, 1.165) is 5.75 Å². The number of hydrogen-bond acceptors (Lipinski definition) is 5. The summed E-state index contributed by atoms with van der Waals surface area (Å²) in [5.74, 6) is 2.11. The van der Waals surface area contributed by atoms with Crippen molar-refractivity contribution in [3.8, 4) is 17.2 Å². The Morgan fingerprint density at radius 1 is 1.17 bits per heavy atom. The van der Waals surface area contributed by atoms with Gasteiger partial charge in [-0.1, -0.05) is 11.6 Å². The molecule has 1 aliphatic rings. The molecule has 92 valence electrons. The average molecular weight is 265 g/mol. The van der Waals surface area contributed by atoms with Crippen LogP contribution in [-0.4, -0.2) is 16.8 Å². The monoisotopic (exact) mass is 264 g/mol. The highest BCUT2D eigenvalue weighted by Gasteiger charge is 2.13. The quantitative estimate of drug-likeness (QED) is 0.852. The Morgan fingerprint density at radius 3 is 2.89 bits per heavy atom. The van der Waals surface area contributed by atoms with Gasteiger partial charge >= 0.3 is 0 Å². The predicted molar refractivity (Wildman–Crippen MR) is 63.9 cm³/mol. The lowest BCUT2D eigenvalue weighted by Crippen LogP contribution is -1.98. The molecule has 0 aliphatic carbocycles. The SMILES string of the molecule is Clc1cnc(COc2ccc3c(c2)OCO3)cn1. The predicted octanol–water partition coefficient (Wildman–Crippen LogP) is 2.44. The summed E-state index contributed by atoms with van der Waals surface area (Å²) >= 11 is 5.65. The highest BCUT2D eigenvalue weighted by Crippen LogP contribution is 2.35. The molecule has 0 radical (unpaired) electrons. The van der Waals surface area contributed by atoms with Gasteiger partial charge in [-0.05, 0) is 12.1 Å². The molecule has 0 bridgehead atoms. The first-order valence-electron chi connectivity index (χ1n) is 5.30. The molecule has 0 N–H and O–H groups in total. The van der Waals surface area contributed by atoms with E-state index in [1.54, 1.807) is 12.3 Å². The zero-order chi connectivity index (χ0) is 12.4. The van der Waals surface area contributed by atoms with Crippen LogP contribution >= 0.6 is 11.6 Å². The van der Waals surface area contributed by atoms with E-state index in [2.05, 4.69) is 9.97 Å². The van der Waals surface area contributed by atoms with E-state index < -0.39 is 0 Å². The van der Waals surface area contributed by atoms with Crippen molar-refractivity contribution in [1.82, 2.24) is 9.97 Å². The average Bonchev–Trinajstić information content (AvgIpc) is 2.85. The normalized spacial score (nSPS) is 12.5. The topological polar surface area (TPSA) is 53.5 Å². The summed E-state index contributed by atoms with van der Waals surface area (Å²) in [5.41, 5.74) is 0.706. The number of nitrogens with zero attached hydrogens (tertiary/aromatic N) is 2. The van der Waals surface area contributed by atoms with E-state index >= 15 is 0 Å². The number of aromatic nitrogens is 2. The maximum Gasteiger partial charge on any atom is 0.231 e. The van der Waals surface area contributed by atoms with E-state index in [1.807, 2.05) is 12.1 Å². The lowest BCUT2D eigenvalue weighted by Gasteiger charge is -2.06. The van der Waals surface area contributed by atoms with Crippen LogP contribution in [0, 0.1) is 0 Å². The highest BCUT2D eigenvalue weighted by atomic mass is 35.5. The van der Waals surface area contributed by atoms with Crippen LogP contribution in [0.3, 0.4) is 0 Å². The van der Waals surface area contributed by atoms with Gasteiger partial charge in [0.1, 0.15) is 17.5 Å². The largest absolute Gasteiger partial charge is 0.487 e. The van der Waals surface area contributed by atoms with Crippen molar-refractivity contribution in [2.45, 2.75) is 6.61 Å². The molecule has 0 atom stereocenters. The molecule has 5 nitrogen and oxygen atoms in total. The Hall–Kier alpha value is -2.01. The third kappa shape index (κ3) is 2.31. The molecule has 6 heteroatoms. The zero-order valence-corrected chi connectivity index (χ0v) is 10.1. The lowest BCUT2D eigenvalue weighted by atomic mass is 10.3. The van der Waals surface area contributed by atoms with Gasteiger partial charge in [0.2, 0.25) is 6.79 Å². The molecule has 18 heavy (non-hydrogen) atoms. The van der Waals surface area contributed by atoms with Crippen molar-refractivity contribution in [3.05, 3.63) is 41.4 Å². The minimum Gasteiger partial charge on any atom is -0.487 e. The van der Waals surface area contributed by atoms with Gasteiger partial charge in [0.25, 0.3) is 0 Å². The van der Waals surface area contributed by atoms with Gasteiger partial charge in [0.15, 0.2) is 11.5 Å². The number of rotatable bonds is 3. The second-order valence-corrected chi connectivity index (χ2v) is 4.02. The summed E-state index contributed by atoms with van der Waals surface area (Å²) in [5, 5.41) is 0.363. The Bertz CT molecular complexity index is 560. The molecule has 1 aromatic carbocycles. The molecule has 2 heterocycles. The van der Waals surface area contributed by atoms with Crippen molar-refractivity contribution in [2.24, 2.45) is 0 Å². The highest BCUT2D eigenvalue weighted by molar-refractivity contribution is 6.29. The molecule has 0 spiro atoms. The van der Waals surface area contributed by atoms with Crippen LogP contribution in [0.25, 0.3) is 0 Å². The molecule has 0 saturated heterocycles. The molecule has 0 unspecified atom stereocenters. The molecule has 1 aromatic heterocycles. The molecule has 0 fully saturated rings. The van der Waals surface area contributed by atoms with Crippen molar-refractivity contribution in [3.63, 3.8) is 0 Å². The van der Waals surface area contributed by atoms with E-state index in [-0.39, 0.29) is 6.79 Å². The standard InChI is InChI=1S/C12H9ClN2O3/c13-12-5-14-8(4-15-12)6-16-9-1-2-10-11(3-9)18-7-17-10/h1-5H,6-7H2. The van der Waals surface area contributed by atoms with Crippen molar-refractivity contribution < 1.29 is 14.2 Å². The third-order valence-electron chi connectivity index (χ3n) is 2.40. The Labute approximate surface area is 108 Å². The van der Waals surface area contributed by atoms with Gasteiger partial charge < -0.3 is 14.2 Å². The lowest BCUT2D eigenvalue weighted by molar-refractivity contribution is 0.173. The van der Waals surface area contributed by atoms with Gasteiger partial charge in [-0.15, -0.1) is 0 Å². The summed E-state index contributed by atoms with van der Waals surface area (Å²) in [6.45, 7) is 0.575. The number of ether oxygens (including phenoxy) is 3. The fraction of sp³-hybridized carbons (Fsp3) is 0.167. The second kappa shape index (κ2) is 4.70. The van der Waals surface area contributed by atoms with E-state index in [9.17, 15) is 0 Å². The first kappa shape index (κ1) is 11.1. The molecule has 2 aromatic rings. The van der Waals surface area contributed by atoms with Crippen molar-refractivity contribution in [2.75, 3.05) is 6.79 Å². The molecular formula is C12H9ClN2O3. The van der Waals surface area contributed by atoms with Gasteiger partial charge in [-0.2, -0.15) is 0 Å². The van der Waals surface area contributed by atoms with Gasteiger partial charge in [-0.25, -0.2) is 4.98 Å². The van der Waals surface area contributed by atoms with Crippen LogP contribution in [0.5, 0.6) is 17.2 Å². The summed E-state index contributed by atoms with van der Waals surface area (Å²) in [6, 6.07) is 5.41. The maximum atomic E-state index is 5.65. The zero-order valence-electron chi connectivity index (χ0n) is 9.30. The minimum atomic E-state index is 0.251. The Kier molecular flexibility index (Phi) is 2.90. The van der Waals surface area contributed by atoms with E-state index in [0.29, 0.717) is 29.0 Å². The van der Waals surface area contributed by atoms with E-state index in [4.69, 9.17) is 25.8 Å². The summed E-state index contributed by atoms with van der Waals surface area (Å²) in [7, 11) is 0. The smallest absolute Gasteiger partial charge is 0.231 e. The van der Waals surface area contributed by atoms with Crippen LogP contribution in [0.4, 0.5) is 0 Å². The van der Waals surface area contributed by atoms with E-state index in [1.165, 1.54) is 6.20 Å². The molecule has 0 saturated carbocycles. The van der Waals surface area contributed by atoms with Crippen LogP contribution in [0.15, 0.2) is 30.6 Å². The van der Waals surface area contributed by atoms with Crippen molar-refractivity contribution >= 4 is 11.6 Å². The first-order valence-corrected chi connectivity index (χ1v) is 5.68. The number of fused-ring (bicyclic) bond motifs is 1. The van der Waals surface area contributed by atoms with Gasteiger partial charge in [-0.3, -0.25) is 4.98 Å². The van der Waals surface area contributed by atoms with Gasteiger partial charge in [0.05, 0.1) is 18.1 Å². The van der Waals surface area contributed by atoms with Crippen LogP contribution in [-0.2, 0) is 6.61 Å². The van der Waals surface area contributed by atoms with Crippen molar-refractivity contribution in [1.29, 1.82) is 0 Å². The second-order valence-electron chi connectivity index (χ2n) is 3.63. The number of benzene rings is 1. The number of halogens is 1. The van der Waals surface area contributed by atoms with Crippen LogP contribution in [0.1, 0.15) is 5.69 Å². The van der Waals surface area contributed by atoms with Crippen LogP contribution < -0.4 is 14.2 Å². The van der Waals surface area contributed by atoms with Gasteiger partial charge in [0, 0.05) is 6.07 Å².